The van der Waals surface area contributed by atoms with Crippen LogP contribution in [-0.2, 0) is 48.8 Å². The van der Waals surface area contributed by atoms with Gasteiger partial charge in [0.1, 0.15) is 53.0 Å². The standard InChI is InChI=1S/C24H19F6N3O3S.C12H10F3N3.C11H11F2NO4S/c25-16-3-5-18(6-4-16)37(35,36)33-13-17(26)10-21(33)22(34)7-1-14-9-20(31-12-19(14)27)15-2-8-23(32-11-15)24(28,29)30;13-9-6-18-11(3-8(9)4-16)7-1-2-10(12(14)15)17-5-7;12-7-1-3-9(4-2-7)19(17,18)14-6-8(13)5-10(14)11(15)16/h2-6,8-9,11-12,17,21H,1,7,10,13H2;1-3,5-6,12H,4,16H2;1-4,8,10H,5-6H2,(H,15,16)/t17-,21+;;8-,10+/m1.1/s1. The number of benzene rings is 2. The maximum absolute atomic E-state index is 14.4. The fraction of sp³-hybridized carbons (Fsp3) is 0.277. The molecule has 0 saturated carbocycles. The Hall–Kier alpha value is -6.81. The average Bonchev–Trinajstić information content (AvgIpc) is 3.98. The van der Waals surface area contributed by atoms with Gasteiger partial charge in [-0.25, -0.2) is 52.0 Å². The van der Waals surface area contributed by atoms with Gasteiger partial charge >= 0.3 is 12.1 Å². The third kappa shape index (κ3) is 13.7. The number of nitrogens with two attached hydrogens (primary N) is 1. The minimum atomic E-state index is -4.63. The van der Waals surface area contributed by atoms with E-state index in [1.807, 2.05) is 0 Å². The monoisotopic (exact) mass is 1090 g/mol. The molecule has 2 aliphatic heterocycles. The van der Waals surface area contributed by atoms with Crippen LogP contribution in [0.3, 0.4) is 0 Å². The van der Waals surface area contributed by atoms with Crippen molar-refractivity contribution in [3.8, 4) is 22.5 Å². The molecule has 27 heteroatoms. The number of aliphatic carboxylic acids is 1. The van der Waals surface area contributed by atoms with Crippen molar-refractivity contribution in [2.45, 2.75) is 79.0 Å². The average molecular weight is 1090 g/mol. The van der Waals surface area contributed by atoms with Crippen molar-refractivity contribution in [3.05, 3.63) is 156 Å². The van der Waals surface area contributed by atoms with Gasteiger partial charge in [0.15, 0.2) is 5.78 Å². The smallest absolute Gasteiger partial charge is 0.433 e. The molecule has 4 atom stereocenters. The van der Waals surface area contributed by atoms with E-state index in [9.17, 15) is 74.7 Å². The Bertz CT molecular complexity index is 3160. The lowest BCUT2D eigenvalue weighted by molar-refractivity contribution is -0.141. The number of aryl methyl sites for hydroxylation is 1. The number of alkyl halides is 7. The third-order valence-corrected chi connectivity index (χ3v) is 15.1. The van der Waals surface area contributed by atoms with Crippen LogP contribution in [0, 0.1) is 23.3 Å². The van der Waals surface area contributed by atoms with Gasteiger partial charge in [0.2, 0.25) is 20.0 Å². The summed E-state index contributed by atoms with van der Waals surface area (Å²) in [5, 5.41) is 8.92. The molecule has 2 fully saturated rings. The van der Waals surface area contributed by atoms with Crippen LogP contribution in [0.25, 0.3) is 22.5 Å². The van der Waals surface area contributed by atoms with E-state index in [1.165, 1.54) is 30.5 Å². The fourth-order valence-electron chi connectivity index (χ4n) is 7.49. The molecular weight excluding hydrogens is 1050 g/mol. The minimum Gasteiger partial charge on any atom is -0.480 e. The summed E-state index contributed by atoms with van der Waals surface area (Å²) in [5.74, 6) is -4.58. The van der Waals surface area contributed by atoms with Crippen molar-refractivity contribution in [3.63, 3.8) is 0 Å². The van der Waals surface area contributed by atoms with Crippen molar-refractivity contribution >= 4 is 31.8 Å². The third-order valence-electron chi connectivity index (χ3n) is 11.3. The molecule has 0 aliphatic carbocycles. The van der Waals surface area contributed by atoms with Crippen molar-refractivity contribution in [2.24, 2.45) is 5.73 Å². The summed E-state index contributed by atoms with van der Waals surface area (Å²) < 4.78 is 196. The van der Waals surface area contributed by atoms with Crippen molar-refractivity contribution in [1.29, 1.82) is 0 Å². The molecule has 2 aromatic carbocycles. The number of pyridine rings is 4. The van der Waals surface area contributed by atoms with Gasteiger partial charge in [0.25, 0.3) is 6.43 Å². The first-order valence-corrected chi connectivity index (χ1v) is 24.5. The summed E-state index contributed by atoms with van der Waals surface area (Å²) in [6.07, 6.45) is -7.50. The molecule has 0 spiro atoms. The highest BCUT2D eigenvalue weighted by Gasteiger charge is 2.45. The molecule has 0 radical (unpaired) electrons. The first-order valence-electron chi connectivity index (χ1n) is 21.7. The molecule has 2 aliphatic rings. The molecule has 74 heavy (non-hydrogen) atoms. The Kier molecular flexibility index (Phi) is 18.0. The number of nitrogens with zero attached hydrogens (tertiary/aromatic N) is 6. The number of rotatable bonds is 13. The molecular formula is C47H40F11N7O7S2. The van der Waals surface area contributed by atoms with Crippen molar-refractivity contribution in [2.75, 3.05) is 13.1 Å². The molecule has 4 aromatic heterocycles. The Morgan fingerprint density at radius 1 is 0.649 bits per heavy atom. The van der Waals surface area contributed by atoms with Crippen molar-refractivity contribution < 1.29 is 79.8 Å². The van der Waals surface area contributed by atoms with Gasteiger partial charge in [-0.15, -0.1) is 0 Å². The van der Waals surface area contributed by atoms with E-state index in [1.54, 1.807) is 0 Å². The fourth-order valence-corrected chi connectivity index (χ4v) is 10.8. The molecule has 2 saturated heterocycles. The highest BCUT2D eigenvalue weighted by atomic mass is 32.2. The summed E-state index contributed by atoms with van der Waals surface area (Å²) in [6, 6.07) is 12.4. The van der Waals surface area contributed by atoms with Gasteiger partial charge in [-0.3, -0.25) is 29.5 Å². The van der Waals surface area contributed by atoms with E-state index >= 15 is 0 Å². The van der Waals surface area contributed by atoms with E-state index in [2.05, 4.69) is 19.9 Å². The van der Waals surface area contributed by atoms with E-state index in [0.29, 0.717) is 21.1 Å². The predicted molar refractivity (Wildman–Crippen MR) is 241 cm³/mol. The lowest BCUT2D eigenvalue weighted by atomic mass is 10.0. The van der Waals surface area contributed by atoms with E-state index in [4.69, 9.17) is 10.8 Å². The summed E-state index contributed by atoms with van der Waals surface area (Å²) in [7, 11) is -8.43. The number of ketones is 1. The molecule has 6 aromatic rings. The molecule has 6 heterocycles. The predicted octanol–water partition coefficient (Wildman–Crippen LogP) is 8.43. The van der Waals surface area contributed by atoms with Crippen molar-refractivity contribution in [1.82, 2.24) is 28.5 Å². The second-order valence-electron chi connectivity index (χ2n) is 16.3. The number of carbonyl (C=O) groups is 2. The molecule has 0 amide bonds. The molecule has 0 bridgehead atoms. The Balaban J connectivity index is 0.000000201. The number of hydrogen-bond donors (Lipinski definition) is 2. The quantitative estimate of drug-likeness (QED) is 0.105. The molecule has 394 valence electrons. The van der Waals surface area contributed by atoms with Crippen LogP contribution in [0.1, 0.15) is 48.2 Å². The first kappa shape index (κ1) is 56.5. The second-order valence-corrected chi connectivity index (χ2v) is 20.1. The Morgan fingerprint density at radius 3 is 1.54 bits per heavy atom. The van der Waals surface area contributed by atoms with Gasteiger partial charge in [-0.1, -0.05) is 0 Å². The number of hydrogen-bond acceptors (Lipinski definition) is 11. The van der Waals surface area contributed by atoms with E-state index < -0.39 is 111 Å². The summed E-state index contributed by atoms with van der Waals surface area (Å²) in [4.78, 5) is 38.0. The van der Waals surface area contributed by atoms with Crippen LogP contribution in [-0.4, -0.2) is 99.8 Å². The van der Waals surface area contributed by atoms with Crippen LogP contribution < -0.4 is 5.73 Å². The summed E-state index contributed by atoms with van der Waals surface area (Å²) >= 11 is 0. The van der Waals surface area contributed by atoms with Crippen LogP contribution in [0.15, 0.2) is 120 Å². The zero-order chi connectivity index (χ0) is 54.3. The van der Waals surface area contributed by atoms with Gasteiger partial charge in [-0.05, 0) is 96.9 Å². The zero-order valence-corrected chi connectivity index (χ0v) is 39.5. The van der Waals surface area contributed by atoms with Crippen LogP contribution in [0.4, 0.5) is 48.3 Å². The lowest BCUT2D eigenvalue weighted by Crippen LogP contribution is -2.40. The normalized spacial score (nSPS) is 18.3. The number of aromatic nitrogens is 4. The van der Waals surface area contributed by atoms with Gasteiger partial charge in [0.05, 0.1) is 39.6 Å². The van der Waals surface area contributed by atoms with E-state index in [-0.39, 0.29) is 64.5 Å². The van der Waals surface area contributed by atoms with Crippen LogP contribution >= 0.6 is 0 Å². The number of carbonyl (C=O) groups excluding carboxylic acids is 1. The number of Topliss-reactive ketones (excluding diaryl/α,β-unsaturated/α-hetero) is 1. The van der Waals surface area contributed by atoms with Gasteiger partial charge in [0, 0.05) is 68.0 Å². The lowest BCUT2D eigenvalue weighted by Gasteiger charge is -2.23. The van der Waals surface area contributed by atoms with Gasteiger partial charge in [-0.2, -0.15) is 21.8 Å². The second kappa shape index (κ2) is 23.6. The number of carboxylic acids is 1. The summed E-state index contributed by atoms with van der Waals surface area (Å²) in [5.41, 5.74) is 5.60. The topological polar surface area (TPSA) is 207 Å². The number of carboxylic acid groups (broad SMARTS) is 1. The molecule has 8 rings (SSSR count). The number of halogens is 11. The molecule has 0 unspecified atom stereocenters. The Morgan fingerprint density at radius 2 is 1.11 bits per heavy atom. The largest absolute Gasteiger partial charge is 0.480 e. The maximum Gasteiger partial charge on any atom is 0.433 e. The van der Waals surface area contributed by atoms with Crippen LogP contribution in [0.5, 0.6) is 0 Å². The summed E-state index contributed by atoms with van der Waals surface area (Å²) in [6.45, 7) is -1.01. The highest BCUT2D eigenvalue weighted by molar-refractivity contribution is 7.89. The molecule has 3 N–H and O–H groups in total. The maximum atomic E-state index is 14.4. The zero-order valence-electron chi connectivity index (χ0n) is 37.9. The van der Waals surface area contributed by atoms with E-state index in [0.717, 1.165) is 83.6 Å². The minimum absolute atomic E-state index is 0.0148. The van der Waals surface area contributed by atoms with Crippen LogP contribution in [0.2, 0.25) is 0 Å². The highest BCUT2D eigenvalue weighted by Crippen LogP contribution is 2.32. The number of sulfonamides is 2. The van der Waals surface area contributed by atoms with Gasteiger partial charge < -0.3 is 10.8 Å². The SMILES string of the molecule is NCc1cc(-c2ccc(C(F)F)nc2)ncc1F.O=C(CCc1cc(-c2ccc(C(F)(F)F)nc2)ncc1F)[C@@H]1C[C@@H](F)CN1S(=O)(=O)c1ccc(F)cc1.O=C(O)[C@@H]1C[C@@H](F)CN1S(=O)(=O)c1ccc(F)cc1. The molecule has 14 nitrogen and oxygen atoms in total. The Labute approximate surface area is 414 Å². The first-order chi connectivity index (χ1) is 34.8.